The standard InChI is InChI=1S/C26H28N2O5S/c1-26(10-11-26)34(31,32)16-23(29)21-6-4-3-5-20(21)17-7-8-22-24(14-17)33-15-18(25(22)30)13-19-9-12-27-28(19)2/h3-9,12,14,18,25,30H,10-11,13,15-16H2,1-2H3/t18-,25+/m0/s1. The molecule has 3 aromatic rings. The first-order chi connectivity index (χ1) is 16.2. The van der Waals surface area contributed by atoms with Crippen LogP contribution >= 0.6 is 0 Å². The van der Waals surface area contributed by atoms with Gasteiger partial charge in [-0.25, -0.2) is 8.42 Å². The number of aryl methyl sites for hydroxylation is 1. The lowest BCUT2D eigenvalue weighted by Gasteiger charge is -2.30. The lowest BCUT2D eigenvalue weighted by atomic mass is 9.88. The van der Waals surface area contributed by atoms with Gasteiger partial charge in [-0.15, -0.1) is 0 Å². The maximum atomic E-state index is 13.0. The molecule has 0 amide bonds. The average Bonchev–Trinajstić information content (AvgIpc) is 3.46. The maximum absolute atomic E-state index is 13.0. The van der Waals surface area contributed by atoms with Gasteiger partial charge in [0.2, 0.25) is 0 Å². The summed E-state index contributed by atoms with van der Waals surface area (Å²) in [7, 11) is -1.62. The molecule has 1 fully saturated rings. The first-order valence-electron chi connectivity index (χ1n) is 11.5. The van der Waals surface area contributed by atoms with Crippen molar-refractivity contribution in [1.29, 1.82) is 0 Å². The molecule has 5 rings (SSSR count). The minimum Gasteiger partial charge on any atom is -0.493 e. The zero-order valence-electron chi connectivity index (χ0n) is 19.3. The Morgan fingerprint density at radius 3 is 2.68 bits per heavy atom. The van der Waals surface area contributed by atoms with Crippen molar-refractivity contribution in [2.45, 2.75) is 37.0 Å². The molecule has 1 aliphatic heterocycles. The number of aliphatic hydroxyl groups is 1. The summed E-state index contributed by atoms with van der Waals surface area (Å²) in [4.78, 5) is 13.0. The molecule has 1 aromatic heterocycles. The van der Waals surface area contributed by atoms with Crippen LogP contribution in [0.1, 0.15) is 47.5 Å². The largest absolute Gasteiger partial charge is 0.493 e. The third-order valence-corrected chi connectivity index (χ3v) is 9.74. The molecule has 8 heteroatoms. The highest BCUT2D eigenvalue weighted by Gasteiger charge is 2.50. The van der Waals surface area contributed by atoms with Crippen LogP contribution in [0.5, 0.6) is 5.75 Å². The number of ether oxygens (including phenoxy) is 1. The second-order valence-electron chi connectivity index (χ2n) is 9.60. The molecular formula is C26H28N2O5S. The van der Waals surface area contributed by atoms with Crippen LogP contribution in [0, 0.1) is 5.92 Å². The van der Waals surface area contributed by atoms with E-state index >= 15 is 0 Å². The van der Waals surface area contributed by atoms with Gasteiger partial charge in [0, 0.05) is 36.0 Å². The fraction of sp³-hybridized carbons (Fsp3) is 0.385. The molecule has 0 saturated heterocycles. The fourth-order valence-corrected chi connectivity index (χ4v) is 6.12. The van der Waals surface area contributed by atoms with Crippen molar-refractivity contribution in [3.63, 3.8) is 0 Å². The summed E-state index contributed by atoms with van der Waals surface area (Å²) in [5.74, 6) is -0.419. The van der Waals surface area contributed by atoms with E-state index < -0.39 is 32.2 Å². The molecule has 178 valence electrons. The number of carbonyl (C=O) groups is 1. The molecule has 7 nitrogen and oxygen atoms in total. The van der Waals surface area contributed by atoms with Crippen LogP contribution in [-0.2, 0) is 23.3 Å². The molecule has 2 heterocycles. The third-order valence-electron chi connectivity index (χ3n) is 7.19. The molecule has 1 aliphatic carbocycles. The van der Waals surface area contributed by atoms with Gasteiger partial charge in [-0.1, -0.05) is 36.4 Å². The van der Waals surface area contributed by atoms with Gasteiger partial charge >= 0.3 is 0 Å². The van der Waals surface area contributed by atoms with E-state index in [1.165, 1.54) is 0 Å². The van der Waals surface area contributed by atoms with Crippen molar-refractivity contribution in [3.05, 3.63) is 71.5 Å². The zero-order chi connectivity index (χ0) is 24.1. The number of hydrogen-bond acceptors (Lipinski definition) is 6. The maximum Gasteiger partial charge on any atom is 0.178 e. The molecule has 34 heavy (non-hydrogen) atoms. The molecule has 0 bridgehead atoms. The molecule has 1 saturated carbocycles. The second kappa shape index (κ2) is 8.36. The lowest BCUT2D eigenvalue weighted by Crippen LogP contribution is -2.28. The Hall–Kier alpha value is -2.97. The predicted molar refractivity (Wildman–Crippen MR) is 128 cm³/mol. The summed E-state index contributed by atoms with van der Waals surface area (Å²) in [5, 5.41) is 15.2. The molecule has 0 unspecified atom stereocenters. The van der Waals surface area contributed by atoms with Gasteiger partial charge in [-0.05, 0) is 49.4 Å². The number of sulfone groups is 1. The Morgan fingerprint density at radius 1 is 1.21 bits per heavy atom. The van der Waals surface area contributed by atoms with E-state index in [2.05, 4.69) is 5.10 Å². The van der Waals surface area contributed by atoms with Gasteiger partial charge in [0.05, 0.1) is 17.5 Å². The number of aromatic nitrogens is 2. The van der Waals surface area contributed by atoms with Gasteiger partial charge < -0.3 is 9.84 Å². The SMILES string of the molecule is Cn1nccc1C[C@H]1COc2cc(-c3ccccc3C(=O)CS(=O)(=O)C3(C)CC3)ccc2[C@@H]1O. The van der Waals surface area contributed by atoms with Gasteiger partial charge in [-0.3, -0.25) is 9.48 Å². The zero-order valence-corrected chi connectivity index (χ0v) is 20.1. The van der Waals surface area contributed by atoms with Crippen LogP contribution in [0.2, 0.25) is 0 Å². The highest BCUT2D eigenvalue weighted by Crippen LogP contribution is 2.44. The van der Waals surface area contributed by atoms with Crippen LogP contribution in [0.3, 0.4) is 0 Å². The van der Waals surface area contributed by atoms with Crippen LogP contribution < -0.4 is 4.74 Å². The lowest BCUT2D eigenvalue weighted by molar-refractivity contribution is 0.0499. The number of Topliss-reactive ketones (excluding diaryl/α,β-unsaturated/α-hetero) is 1. The Bertz CT molecular complexity index is 1360. The molecule has 2 aliphatic rings. The van der Waals surface area contributed by atoms with Crippen molar-refractivity contribution in [1.82, 2.24) is 9.78 Å². The average molecular weight is 481 g/mol. The van der Waals surface area contributed by atoms with Crippen molar-refractivity contribution in [2.24, 2.45) is 13.0 Å². The Labute approximate surface area is 199 Å². The molecule has 2 aromatic carbocycles. The van der Waals surface area contributed by atoms with Crippen LogP contribution in [-0.4, -0.2) is 46.2 Å². The van der Waals surface area contributed by atoms with Crippen molar-refractivity contribution < 1.29 is 23.1 Å². The summed E-state index contributed by atoms with van der Waals surface area (Å²) in [6.07, 6.45) is 2.91. The van der Waals surface area contributed by atoms with Crippen molar-refractivity contribution in [3.8, 4) is 16.9 Å². The number of nitrogens with zero attached hydrogens (tertiary/aromatic N) is 2. The van der Waals surface area contributed by atoms with Crippen molar-refractivity contribution in [2.75, 3.05) is 12.4 Å². The van der Waals surface area contributed by atoms with Gasteiger partial charge in [0.1, 0.15) is 11.5 Å². The van der Waals surface area contributed by atoms with E-state index in [-0.39, 0.29) is 5.92 Å². The summed E-state index contributed by atoms with van der Waals surface area (Å²) in [6, 6.07) is 14.5. The van der Waals surface area contributed by atoms with E-state index in [1.807, 2.05) is 43.4 Å². The minimum absolute atomic E-state index is 0.100. The topological polar surface area (TPSA) is 98.5 Å². The van der Waals surface area contributed by atoms with Crippen LogP contribution in [0.4, 0.5) is 0 Å². The highest BCUT2D eigenvalue weighted by molar-refractivity contribution is 7.93. The van der Waals surface area contributed by atoms with Gasteiger partial charge in [0.15, 0.2) is 15.6 Å². The number of hydrogen-bond donors (Lipinski definition) is 1. The number of benzene rings is 2. The van der Waals surface area contributed by atoms with Gasteiger partial charge in [0.25, 0.3) is 0 Å². The first-order valence-corrected chi connectivity index (χ1v) is 13.1. The number of aliphatic hydroxyl groups excluding tert-OH is 1. The summed E-state index contributed by atoms with van der Waals surface area (Å²) < 4.78 is 32.4. The monoisotopic (exact) mass is 480 g/mol. The highest BCUT2D eigenvalue weighted by atomic mass is 32.2. The van der Waals surface area contributed by atoms with Gasteiger partial charge in [-0.2, -0.15) is 5.10 Å². The first kappa shape index (κ1) is 22.8. The molecular weight excluding hydrogens is 452 g/mol. The molecule has 0 radical (unpaired) electrons. The molecule has 2 atom stereocenters. The molecule has 1 N–H and O–H groups in total. The quantitative estimate of drug-likeness (QED) is 0.520. The predicted octanol–water partition coefficient (Wildman–Crippen LogP) is 3.52. The Kier molecular flexibility index (Phi) is 5.61. The van der Waals surface area contributed by atoms with Crippen LogP contribution in [0.25, 0.3) is 11.1 Å². The van der Waals surface area contributed by atoms with E-state index in [0.29, 0.717) is 48.3 Å². The summed E-state index contributed by atoms with van der Waals surface area (Å²) in [5.41, 5.74) is 3.50. The normalized spacial score (nSPS) is 20.9. The van der Waals surface area contributed by atoms with E-state index in [0.717, 1.165) is 11.3 Å². The smallest absolute Gasteiger partial charge is 0.178 e. The number of carbonyl (C=O) groups excluding carboxylic acids is 1. The fourth-order valence-electron chi connectivity index (χ4n) is 4.54. The summed E-state index contributed by atoms with van der Waals surface area (Å²) in [6.45, 7) is 2.06. The summed E-state index contributed by atoms with van der Waals surface area (Å²) >= 11 is 0. The minimum atomic E-state index is -3.50. The Morgan fingerprint density at radius 2 is 1.97 bits per heavy atom. The van der Waals surface area contributed by atoms with E-state index in [1.54, 1.807) is 29.9 Å². The number of rotatable bonds is 7. The van der Waals surface area contributed by atoms with E-state index in [9.17, 15) is 18.3 Å². The third kappa shape index (κ3) is 4.05. The Balaban J connectivity index is 1.40. The number of fused-ring (bicyclic) bond motifs is 1. The number of ketones is 1. The van der Waals surface area contributed by atoms with E-state index in [4.69, 9.17) is 4.74 Å². The van der Waals surface area contributed by atoms with Crippen molar-refractivity contribution >= 4 is 15.6 Å². The molecule has 0 spiro atoms. The second-order valence-corrected chi connectivity index (χ2v) is 12.1. The van der Waals surface area contributed by atoms with Crippen LogP contribution in [0.15, 0.2) is 54.7 Å².